The van der Waals surface area contributed by atoms with Crippen LogP contribution in [0.3, 0.4) is 0 Å². The maximum absolute atomic E-state index is 13.5. The van der Waals surface area contributed by atoms with Gasteiger partial charge in [-0.25, -0.2) is 18.2 Å². The fourth-order valence-electron chi connectivity index (χ4n) is 2.50. The van der Waals surface area contributed by atoms with Crippen LogP contribution in [-0.2, 0) is 13.2 Å². The molecule has 0 aliphatic carbocycles. The number of nitrogens with one attached hydrogen (secondary N) is 1. The second-order valence-corrected chi connectivity index (χ2v) is 6.26. The molecule has 0 saturated carbocycles. The van der Waals surface area contributed by atoms with Gasteiger partial charge < -0.3 is 15.0 Å². The Bertz CT molecular complexity index is 1010. The molecule has 146 valence electrons. The van der Waals surface area contributed by atoms with E-state index in [4.69, 9.17) is 16.7 Å². The second kappa shape index (κ2) is 8.41. The van der Waals surface area contributed by atoms with Gasteiger partial charge in [-0.3, -0.25) is 9.78 Å². The predicted molar refractivity (Wildman–Crippen MR) is 95.8 cm³/mol. The Morgan fingerprint density at radius 3 is 2.75 bits per heavy atom. The van der Waals surface area contributed by atoms with Crippen LogP contribution < -0.4 is 5.32 Å². The summed E-state index contributed by atoms with van der Waals surface area (Å²) in [6, 6.07) is 5.37. The molecule has 6 nitrogen and oxygen atoms in total. The summed E-state index contributed by atoms with van der Waals surface area (Å²) in [6.45, 7) is -0.365. The maximum Gasteiger partial charge on any atom is 0.265 e. The Labute approximate surface area is 162 Å². The Morgan fingerprint density at radius 2 is 2.07 bits per heavy atom. The molecule has 0 bridgehead atoms. The number of aliphatic hydroxyl groups is 1. The number of nitrogens with zero attached hydrogens (tertiary/aromatic N) is 3. The van der Waals surface area contributed by atoms with Gasteiger partial charge in [-0.1, -0.05) is 17.7 Å². The number of pyridine rings is 1. The van der Waals surface area contributed by atoms with Crippen LogP contribution in [-0.4, -0.2) is 25.5 Å². The molecule has 2 aromatic heterocycles. The summed E-state index contributed by atoms with van der Waals surface area (Å²) in [5.41, 5.74) is -0.152. The molecule has 0 unspecified atom stereocenters. The molecule has 1 amide bonds. The first-order valence-electron chi connectivity index (χ1n) is 8.02. The van der Waals surface area contributed by atoms with Crippen molar-refractivity contribution < 1.29 is 23.1 Å². The standard InChI is InChI=1S/C18H14ClF3N4O2/c19-13-2-1-10(3-14(13)20)6-26-7-16(24-9-26)25-18(28)11-4-12(17(21)22)15(8-27)23-5-11/h1-5,7,9,17,27H,6,8H2,(H,25,28). The van der Waals surface area contributed by atoms with Gasteiger partial charge in [-0.2, -0.15) is 0 Å². The molecule has 2 N–H and O–H groups in total. The number of amides is 1. The zero-order chi connectivity index (χ0) is 20.3. The lowest BCUT2D eigenvalue weighted by Gasteiger charge is -2.08. The van der Waals surface area contributed by atoms with Gasteiger partial charge in [-0.15, -0.1) is 0 Å². The Balaban J connectivity index is 1.71. The van der Waals surface area contributed by atoms with Crippen LogP contribution in [0, 0.1) is 5.82 Å². The molecule has 0 aliphatic rings. The number of halogens is 4. The van der Waals surface area contributed by atoms with Gasteiger partial charge in [0.2, 0.25) is 0 Å². The maximum atomic E-state index is 13.5. The molecule has 0 aliphatic heterocycles. The van der Waals surface area contributed by atoms with Crippen LogP contribution >= 0.6 is 11.6 Å². The highest BCUT2D eigenvalue weighted by Gasteiger charge is 2.18. The smallest absolute Gasteiger partial charge is 0.265 e. The number of aliphatic hydroxyl groups excluding tert-OH is 1. The van der Waals surface area contributed by atoms with Crippen molar-refractivity contribution in [2.24, 2.45) is 0 Å². The number of alkyl halides is 2. The monoisotopic (exact) mass is 410 g/mol. The van der Waals surface area contributed by atoms with E-state index in [-0.39, 0.29) is 22.1 Å². The fraction of sp³-hybridized carbons (Fsp3) is 0.167. The quantitative estimate of drug-likeness (QED) is 0.647. The van der Waals surface area contributed by atoms with E-state index in [0.29, 0.717) is 12.1 Å². The first kappa shape index (κ1) is 19.8. The van der Waals surface area contributed by atoms with Crippen molar-refractivity contribution in [3.63, 3.8) is 0 Å². The van der Waals surface area contributed by atoms with Gasteiger partial charge >= 0.3 is 0 Å². The zero-order valence-corrected chi connectivity index (χ0v) is 15.0. The van der Waals surface area contributed by atoms with Gasteiger partial charge in [0, 0.05) is 24.5 Å². The normalized spacial score (nSPS) is 11.1. The van der Waals surface area contributed by atoms with Crippen LogP contribution in [0.5, 0.6) is 0 Å². The van der Waals surface area contributed by atoms with Crippen molar-refractivity contribution in [2.45, 2.75) is 19.6 Å². The van der Waals surface area contributed by atoms with E-state index in [1.807, 2.05) is 0 Å². The number of imidazole rings is 1. The summed E-state index contributed by atoms with van der Waals surface area (Å²) in [5.74, 6) is -1.03. The van der Waals surface area contributed by atoms with Gasteiger partial charge in [0.05, 0.1) is 29.2 Å². The molecule has 0 radical (unpaired) electrons. The summed E-state index contributed by atoms with van der Waals surface area (Å²) in [5, 5.41) is 11.5. The minimum absolute atomic E-state index is 0.0197. The average Bonchev–Trinajstić information content (AvgIpc) is 3.10. The highest BCUT2D eigenvalue weighted by molar-refractivity contribution is 6.30. The minimum Gasteiger partial charge on any atom is -0.390 e. The lowest BCUT2D eigenvalue weighted by Crippen LogP contribution is -2.14. The molecule has 1 aromatic carbocycles. The average molecular weight is 411 g/mol. The summed E-state index contributed by atoms with van der Waals surface area (Å²) in [7, 11) is 0. The van der Waals surface area contributed by atoms with E-state index in [9.17, 15) is 18.0 Å². The molecule has 0 atom stereocenters. The topological polar surface area (TPSA) is 80.0 Å². The first-order valence-corrected chi connectivity index (χ1v) is 8.40. The number of benzene rings is 1. The SMILES string of the molecule is O=C(Nc1cn(Cc2ccc(Cl)c(F)c2)cn1)c1cnc(CO)c(C(F)F)c1. The van der Waals surface area contributed by atoms with E-state index < -0.39 is 30.3 Å². The zero-order valence-electron chi connectivity index (χ0n) is 14.2. The first-order chi connectivity index (χ1) is 13.4. The third-order valence-electron chi connectivity index (χ3n) is 3.87. The minimum atomic E-state index is -2.87. The van der Waals surface area contributed by atoms with Gasteiger partial charge in [0.1, 0.15) is 5.82 Å². The molecule has 3 rings (SSSR count). The van der Waals surface area contributed by atoms with Crippen molar-refractivity contribution in [3.05, 3.63) is 76.2 Å². The predicted octanol–water partition coefficient (Wildman–Crippen LogP) is 3.80. The molecule has 10 heteroatoms. The fourth-order valence-corrected chi connectivity index (χ4v) is 2.62. The highest BCUT2D eigenvalue weighted by atomic mass is 35.5. The third-order valence-corrected chi connectivity index (χ3v) is 4.18. The van der Waals surface area contributed by atoms with Crippen LogP contribution in [0.2, 0.25) is 5.02 Å². The number of carbonyl (C=O) groups excluding carboxylic acids is 1. The van der Waals surface area contributed by atoms with Gasteiger partial charge in [0.25, 0.3) is 12.3 Å². The van der Waals surface area contributed by atoms with Crippen LogP contribution in [0.15, 0.2) is 43.0 Å². The number of rotatable bonds is 6. The Hall–Kier alpha value is -2.91. The molecular formula is C18H14ClF3N4O2. The van der Waals surface area contributed by atoms with Crippen LogP contribution in [0.25, 0.3) is 0 Å². The molecule has 3 aromatic rings. The van der Waals surface area contributed by atoms with E-state index >= 15 is 0 Å². The molecule has 0 saturated heterocycles. The summed E-state index contributed by atoms with van der Waals surface area (Å²) < 4.78 is 41.1. The Morgan fingerprint density at radius 1 is 1.29 bits per heavy atom. The number of anilines is 1. The number of carbonyl (C=O) groups is 1. The number of hydrogen-bond donors (Lipinski definition) is 2. The van der Waals surface area contributed by atoms with Crippen molar-refractivity contribution in [1.29, 1.82) is 0 Å². The molecule has 2 heterocycles. The summed E-state index contributed by atoms with van der Waals surface area (Å²) >= 11 is 5.65. The van der Waals surface area contributed by atoms with Gasteiger partial charge in [-0.05, 0) is 23.8 Å². The van der Waals surface area contributed by atoms with Gasteiger partial charge in [0.15, 0.2) is 5.82 Å². The van der Waals surface area contributed by atoms with Crippen LogP contribution in [0.4, 0.5) is 19.0 Å². The highest BCUT2D eigenvalue weighted by Crippen LogP contribution is 2.23. The van der Waals surface area contributed by atoms with E-state index in [1.54, 1.807) is 10.6 Å². The van der Waals surface area contributed by atoms with Crippen molar-refractivity contribution in [2.75, 3.05) is 5.32 Å². The largest absolute Gasteiger partial charge is 0.390 e. The van der Waals surface area contributed by atoms with Crippen LogP contribution in [0.1, 0.15) is 33.6 Å². The number of aromatic nitrogens is 3. The lowest BCUT2D eigenvalue weighted by molar-refractivity contribution is 0.102. The lowest BCUT2D eigenvalue weighted by atomic mass is 10.1. The molecule has 0 spiro atoms. The van der Waals surface area contributed by atoms with E-state index in [0.717, 1.165) is 12.3 Å². The molecule has 0 fully saturated rings. The molecular weight excluding hydrogens is 397 g/mol. The van der Waals surface area contributed by atoms with Crippen molar-refractivity contribution in [1.82, 2.24) is 14.5 Å². The third kappa shape index (κ3) is 4.49. The Kier molecular flexibility index (Phi) is 5.96. The molecule has 28 heavy (non-hydrogen) atoms. The second-order valence-electron chi connectivity index (χ2n) is 5.85. The van der Waals surface area contributed by atoms with Crippen molar-refractivity contribution in [3.8, 4) is 0 Å². The summed E-state index contributed by atoms with van der Waals surface area (Å²) in [4.78, 5) is 20.0. The van der Waals surface area contributed by atoms with E-state index in [1.165, 1.54) is 24.7 Å². The summed E-state index contributed by atoms with van der Waals surface area (Å²) in [6.07, 6.45) is 1.16. The number of hydrogen-bond acceptors (Lipinski definition) is 4. The van der Waals surface area contributed by atoms with Crippen molar-refractivity contribution >= 4 is 23.3 Å². The van der Waals surface area contributed by atoms with E-state index in [2.05, 4.69) is 15.3 Å².